The standard InChI is InChI=1S/C22H28N4S/c1-16-14-20(18(3)26(16)17(2)19-8-6-5-7-9-19)21-15-27-22(23-21)25-12-10-24(4)11-13-25/h5-9,14-15,17H,10-13H2,1-4H3/t17-/m0/s1. The Morgan fingerprint density at radius 3 is 2.44 bits per heavy atom. The van der Waals surface area contributed by atoms with Crippen molar-refractivity contribution < 1.29 is 0 Å². The molecule has 0 spiro atoms. The molecule has 0 saturated carbocycles. The smallest absolute Gasteiger partial charge is 0.185 e. The number of anilines is 1. The fourth-order valence-electron chi connectivity index (χ4n) is 4.04. The van der Waals surface area contributed by atoms with Crippen LogP contribution in [-0.2, 0) is 0 Å². The predicted octanol–water partition coefficient (Wildman–Crippen LogP) is 4.59. The summed E-state index contributed by atoms with van der Waals surface area (Å²) < 4.78 is 2.43. The lowest BCUT2D eigenvalue weighted by Crippen LogP contribution is -2.44. The first-order valence-corrected chi connectivity index (χ1v) is 10.6. The van der Waals surface area contributed by atoms with Crippen LogP contribution in [0.3, 0.4) is 0 Å². The van der Waals surface area contributed by atoms with Crippen molar-refractivity contribution in [1.29, 1.82) is 0 Å². The van der Waals surface area contributed by atoms with Gasteiger partial charge in [0.05, 0.1) is 11.7 Å². The molecule has 0 amide bonds. The van der Waals surface area contributed by atoms with Crippen LogP contribution in [0.15, 0.2) is 41.8 Å². The van der Waals surface area contributed by atoms with Crippen molar-refractivity contribution in [2.45, 2.75) is 26.8 Å². The van der Waals surface area contributed by atoms with Crippen molar-refractivity contribution in [3.63, 3.8) is 0 Å². The predicted molar refractivity (Wildman–Crippen MR) is 115 cm³/mol. The molecule has 3 heterocycles. The first kappa shape index (κ1) is 18.3. The van der Waals surface area contributed by atoms with Gasteiger partial charge in [-0.3, -0.25) is 0 Å². The number of aryl methyl sites for hydroxylation is 1. The van der Waals surface area contributed by atoms with E-state index in [1.54, 1.807) is 11.3 Å². The van der Waals surface area contributed by atoms with Crippen LogP contribution in [0.4, 0.5) is 5.13 Å². The van der Waals surface area contributed by atoms with E-state index in [9.17, 15) is 0 Å². The highest BCUT2D eigenvalue weighted by molar-refractivity contribution is 7.14. The van der Waals surface area contributed by atoms with Gasteiger partial charge in [-0.15, -0.1) is 11.3 Å². The summed E-state index contributed by atoms with van der Waals surface area (Å²) in [7, 11) is 2.19. The molecule has 1 aromatic carbocycles. The second-order valence-electron chi connectivity index (χ2n) is 7.55. The normalized spacial score (nSPS) is 16.7. The SMILES string of the molecule is Cc1cc(-c2csc(N3CCN(C)CC3)n2)c(C)n1[C@@H](C)c1ccccc1. The van der Waals surface area contributed by atoms with E-state index in [0.29, 0.717) is 6.04 Å². The second kappa shape index (κ2) is 7.49. The summed E-state index contributed by atoms with van der Waals surface area (Å²) in [5.41, 5.74) is 6.27. The molecule has 1 aliphatic rings. The lowest BCUT2D eigenvalue weighted by atomic mass is 10.1. The van der Waals surface area contributed by atoms with Gasteiger partial charge in [0.1, 0.15) is 0 Å². The number of benzene rings is 1. The van der Waals surface area contributed by atoms with E-state index < -0.39 is 0 Å². The van der Waals surface area contributed by atoms with Crippen LogP contribution < -0.4 is 4.90 Å². The largest absolute Gasteiger partial charge is 0.346 e. The number of rotatable bonds is 4. The Balaban J connectivity index is 1.62. The molecule has 3 aromatic rings. The average Bonchev–Trinajstić information content (AvgIpc) is 3.27. The molecule has 0 unspecified atom stereocenters. The van der Waals surface area contributed by atoms with Gasteiger partial charge in [-0.2, -0.15) is 0 Å². The molecule has 1 saturated heterocycles. The molecule has 0 bridgehead atoms. The Bertz CT molecular complexity index is 904. The van der Waals surface area contributed by atoms with Gasteiger partial charge < -0.3 is 14.4 Å². The maximum Gasteiger partial charge on any atom is 0.185 e. The third-order valence-corrected chi connectivity index (χ3v) is 6.60. The van der Waals surface area contributed by atoms with E-state index in [4.69, 9.17) is 4.98 Å². The highest BCUT2D eigenvalue weighted by Crippen LogP contribution is 2.34. The van der Waals surface area contributed by atoms with Crippen LogP contribution in [0.2, 0.25) is 0 Å². The minimum absolute atomic E-state index is 0.315. The summed E-state index contributed by atoms with van der Waals surface area (Å²) in [6.07, 6.45) is 0. The van der Waals surface area contributed by atoms with Crippen LogP contribution in [0.1, 0.15) is 29.9 Å². The van der Waals surface area contributed by atoms with Crippen LogP contribution in [0.25, 0.3) is 11.3 Å². The van der Waals surface area contributed by atoms with E-state index in [2.05, 4.69) is 84.0 Å². The number of nitrogens with zero attached hydrogens (tertiary/aromatic N) is 4. The second-order valence-corrected chi connectivity index (χ2v) is 8.38. The van der Waals surface area contributed by atoms with Crippen LogP contribution in [0, 0.1) is 13.8 Å². The van der Waals surface area contributed by atoms with Crippen molar-refractivity contribution >= 4 is 16.5 Å². The topological polar surface area (TPSA) is 24.3 Å². The molecule has 1 aliphatic heterocycles. The minimum Gasteiger partial charge on any atom is -0.346 e. The van der Waals surface area contributed by atoms with E-state index >= 15 is 0 Å². The summed E-state index contributed by atoms with van der Waals surface area (Å²) >= 11 is 1.77. The Morgan fingerprint density at radius 1 is 1.04 bits per heavy atom. The number of aromatic nitrogens is 2. The summed E-state index contributed by atoms with van der Waals surface area (Å²) in [5.74, 6) is 0. The quantitative estimate of drug-likeness (QED) is 0.662. The van der Waals surface area contributed by atoms with Crippen LogP contribution >= 0.6 is 11.3 Å². The van der Waals surface area contributed by atoms with Crippen molar-refractivity contribution in [2.24, 2.45) is 0 Å². The molecule has 1 fully saturated rings. The highest BCUT2D eigenvalue weighted by Gasteiger charge is 2.21. The Labute approximate surface area is 166 Å². The maximum absolute atomic E-state index is 4.99. The van der Waals surface area contributed by atoms with E-state index in [0.717, 1.165) is 37.0 Å². The van der Waals surface area contributed by atoms with Crippen molar-refractivity contribution in [2.75, 3.05) is 38.1 Å². The lowest BCUT2D eigenvalue weighted by Gasteiger charge is -2.32. The van der Waals surface area contributed by atoms with E-state index in [1.165, 1.54) is 22.5 Å². The van der Waals surface area contributed by atoms with Gasteiger partial charge in [-0.25, -0.2) is 4.98 Å². The Kier molecular flexibility index (Phi) is 5.06. The van der Waals surface area contributed by atoms with E-state index in [1.807, 2.05) is 0 Å². The zero-order valence-corrected chi connectivity index (χ0v) is 17.5. The first-order chi connectivity index (χ1) is 13.0. The van der Waals surface area contributed by atoms with Crippen molar-refractivity contribution in [3.8, 4) is 11.3 Å². The number of likely N-dealkylation sites (N-methyl/N-ethyl adjacent to an activating group) is 1. The summed E-state index contributed by atoms with van der Waals surface area (Å²) in [4.78, 5) is 9.78. The zero-order valence-electron chi connectivity index (χ0n) is 16.6. The molecule has 1 atom stereocenters. The monoisotopic (exact) mass is 380 g/mol. The maximum atomic E-state index is 4.99. The number of piperazine rings is 1. The van der Waals surface area contributed by atoms with Crippen LogP contribution in [-0.4, -0.2) is 47.7 Å². The first-order valence-electron chi connectivity index (χ1n) is 9.67. The Morgan fingerprint density at radius 2 is 1.74 bits per heavy atom. The van der Waals surface area contributed by atoms with Gasteiger partial charge in [0.15, 0.2) is 5.13 Å². The zero-order chi connectivity index (χ0) is 19.0. The molecule has 0 aliphatic carbocycles. The average molecular weight is 381 g/mol. The summed E-state index contributed by atoms with van der Waals surface area (Å²) in [6, 6.07) is 13.3. The molecular weight excluding hydrogens is 352 g/mol. The highest BCUT2D eigenvalue weighted by atomic mass is 32.1. The number of hydrogen-bond acceptors (Lipinski definition) is 4. The summed E-state index contributed by atoms with van der Waals surface area (Å²) in [6.45, 7) is 11.0. The molecular formula is C22H28N4S. The van der Waals surface area contributed by atoms with E-state index in [-0.39, 0.29) is 0 Å². The van der Waals surface area contributed by atoms with Gasteiger partial charge in [0, 0.05) is 48.5 Å². The van der Waals surface area contributed by atoms with Gasteiger partial charge >= 0.3 is 0 Å². The molecule has 5 heteroatoms. The molecule has 4 rings (SSSR count). The third-order valence-electron chi connectivity index (χ3n) is 5.70. The lowest BCUT2D eigenvalue weighted by molar-refractivity contribution is 0.313. The third kappa shape index (κ3) is 3.54. The Hall–Kier alpha value is -2.11. The van der Waals surface area contributed by atoms with Gasteiger partial charge in [-0.1, -0.05) is 30.3 Å². The number of hydrogen-bond donors (Lipinski definition) is 0. The minimum atomic E-state index is 0.315. The molecule has 142 valence electrons. The van der Waals surface area contributed by atoms with Crippen molar-refractivity contribution in [3.05, 3.63) is 58.7 Å². The van der Waals surface area contributed by atoms with Crippen molar-refractivity contribution in [1.82, 2.24) is 14.5 Å². The molecule has 2 aromatic heterocycles. The summed E-state index contributed by atoms with van der Waals surface area (Å²) in [5, 5.41) is 3.37. The molecule has 27 heavy (non-hydrogen) atoms. The van der Waals surface area contributed by atoms with Gasteiger partial charge in [-0.05, 0) is 39.4 Å². The fourth-order valence-corrected chi connectivity index (χ4v) is 4.92. The van der Waals surface area contributed by atoms with Gasteiger partial charge in [0.25, 0.3) is 0 Å². The van der Waals surface area contributed by atoms with Gasteiger partial charge in [0.2, 0.25) is 0 Å². The molecule has 4 nitrogen and oxygen atoms in total. The molecule has 0 radical (unpaired) electrons. The fraction of sp³-hybridized carbons (Fsp3) is 0.409. The van der Waals surface area contributed by atoms with Crippen LogP contribution in [0.5, 0.6) is 0 Å². The molecule has 0 N–H and O–H groups in total. The number of thiazole rings is 1.